The van der Waals surface area contributed by atoms with Crippen molar-refractivity contribution in [3.63, 3.8) is 0 Å². The van der Waals surface area contributed by atoms with E-state index in [1.54, 1.807) is 12.1 Å². The first-order valence-electron chi connectivity index (χ1n) is 35.3. The summed E-state index contributed by atoms with van der Waals surface area (Å²) in [5, 5.41) is 0. The van der Waals surface area contributed by atoms with Gasteiger partial charge in [-0.2, -0.15) is 8.78 Å². The molecule has 0 unspecified atom stereocenters. The maximum Gasteiger partial charge on any atom is 0.201 e. The fourth-order valence-electron chi connectivity index (χ4n) is 18.0. The van der Waals surface area contributed by atoms with Gasteiger partial charge < -0.3 is 4.74 Å². The van der Waals surface area contributed by atoms with E-state index < -0.39 is 23.3 Å². The summed E-state index contributed by atoms with van der Waals surface area (Å²) in [6.45, 7) is 9.14. The molecule has 2 aromatic carbocycles. The molecule has 79 heavy (non-hydrogen) atoms. The van der Waals surface area contributed by atoms with Gasteiger partial charge in [0.25, 0.3) is 0 Å². The second kappa shape index (κ2) is 33.4. The van der Waals surface area contributed by atoms with Crippen molar-refractivity contribution in [2.75, 3.05) is 0 Å². The van der Waals surface area contributed by atoms with Crippen LogP contribution in [0, 0.1) is 94.3 Å². The van der Waals surface area contributed by atoms with Gasteiger partial charge in [-0.05, 0) is 221 Å². The van der Waals surface area contributed by atoms with Crippen molar-refractivity contribution in [2.24, 2.45) is 71.0 Å². The minimum atomic E-state index is -1.05. The highest BCUT2D eigenvalue weighted by atomic mass is 19.2. The Hall–Kier alpha value is -2.04. The second-order valence-electron chi connectivity index (χ2n) is 28.7. The minimum absolute atomic E-state index is 0.285. The number of hydrogen-bond donors (Lipinski definition) is 0. The van der Waals surface area contributed by atoms with Gasteiger partial charge in [0, 0.05) is 0 Å². The number of rotatable bonds is 30. The Labute approximate surface area is 483 Å². The molecule has 0 spiro atoms. The van der Waals surface area contributed by atoms with Gasteiger partial charge in [0.1, 0.15) is 0 Å². The van der Waals surface area contributed by atoms with Crippen LogP contribution in [0.25, 0.3) is 0 Å². The summed E-state index contributed by atoms with van der Waals surface area (Å²) in [6.07, 6.45) is 56.0. The first-order valence-corrected chi connectivity index (χ1v) is 35.3. The van der Waals surface area contributed by atoms with E-state index in [0.29, 0.717) is 60.5 Å². The topological polar surface area (TPSA) is 9.23 Å². The molecule has 0 atom stereocenters. The molecule has 5 heteroatoms. The Bertz CT molecular complexity index is 1870. The van der Waals surface area contributed by atoms with Gasteiger partial charge in [-0.1, -0.05) is 207 Å². The lowest BCUT2D eigenvalue weighted by Gasteiger charge is -2.38. The Morgan fingerprint density at radius 1 is 0.304 bits per heavy atom. The molecule has 2 aromatic rings. The molecule has 0 aromatic heterocycles. The fourth-order valence-corrected chi connectivity index (χ4v) is 18.0. The molecule has 0 heterocycles. The van der Waals surface area contributed by atoms with Gasteiger partial charge in [-0.25, -0.2) is 8.78 Å². The summed E-state index contributed by atoms with van der Waals surface area (Å²) in [5.74, 6) is 4.29. The summed E-state index contributed by atoms with van der Waals surface area (Å²) < 4.78 is 73.7. The third-order valence-corrected chi connectivity index (χ3v) is 23.2. The normalized spacial score (nSPS) is 29.9. The van der Waals surface area contributed by atoms with Gasteiger partial charge in [-0.15, -0.1) is 0 Å². The molecule has 0 saturated heterocycles. The number of halogens is 4. The molecule has 448 valence electrons. The monoisotopic (exact) mass is 1100 g/mol. The lowest BCUT2D eigenvalue weighted by molar-refractivity contribution is 0.140. The third kappa shape index (κ3) is 19.0. The second-order valence-corrected chi connectivity index (χ2v) is 28.7. The van der Waals surface area contributed by atoms with Crippen LogP contribution in [0.4, 0.5) is 17.6 Å². The predicted octanol–water partition coefficient (Wildman–Crippen LogP) is 24.1. The maximum atomic E-state index is 17.0. The van der Waals surface area contributed by atoms with E-state index in [0.717, 1.165) is 97.0 Å². The van der Waals surface area contributed by atoms with Gasteiger partial charge >= 0.3 is 0 Å². The van der Waals surface area contributed by atoms with E-state index in [1.165, 1.54) is 231 Å². The molecule has 0 N–H and O–H groups in total. The highest BCUT2D eigenvalue weighted by molar-refractivity contribution is 5.45. The molecule has 0 radical (unpaired) electrons. The van der Waals surface area contributed by atoms with Crippen molar-refractivity contribution < 1.29 is 22.3 Å². The molecular formula is C74H118F4O. The molecule has 6 saturated carbocycles. The van der Waals surface area contributed by atoms with Crippen LogP contribution in [-0.2, 0) is 25.7 Å². The average Bonchev–Trinajstić information content (AvgIpc) is 3.49. The van der Waals surface area contributed by atoms with E-state index >= 15 is 17.6 Å². The van der Waals surface area contributed by atoms with Crippen molar-refractivity contribution in [1.82, 2.24) is 0 Å². The van der Waals surface area contributed by atoms with Crippen LogP contribution in [0.3, 0.4) is 0 Å². The Morgan fingerprint density at radius 2 is 0.582 bits per heavy atom. The smallest absolute Gasteiger partial charge is 0.201 e. The molecular weight excluding hydrogens is 981 g/mol. The lowest BCUT2D eigenvalue weighted by Crippen LogP contribution is -2.26. The van der Waals surface area contributed by atoms with Crippen molar-refractivity contribution >= 4 is 0 Å². The predicted molar refractivity (Wildman–Crippen MR) is 326 cm³/mol. The lowest BCUT2D eigenvalue weighted by atomic mass is 9.68. The van der Waals surface area contributed by atoms with Crippen LogP contribution in [0.1, 0.15) is 320 Å². The number of unbranched alkanes of at least 4 members (excludes halogenated alkanes) is 8. The highest BCUT2D eigenvalue weighted by Gasteiger charge is 2.35. The maximum absolute atomic E-state index is 17.0. The molecule has 0 bridgehead atoms. The third-order valence-electron chi connectivity index (χ3n) is 23.2. The first kappa shape index (κ1) is 63.0. The summed E-state index contributed by atoms with van der Waals surface area (Å²) in [5.41, 5.74) is 2.64. The van der Waals surface area contributed by atoms with E-state index in [1.807, 2.05) is 0 Å². The minimum Gasteiger partial charge on any atom is -0.451 e. The summed E-state index contributed by atoms with van der Waals surface area (Å²) in [6, 6.07) is 3.42. The quantitative estimate of drug-likeness (QED) is 0.0560. The first-order chi connectivity index (χ1) is 38.6. The Morgan fingerprint density at radius 3 is 0.899 bits per heavy atom. The van der Waals surface area contributed by atoms with Crippen LogP contribution in [-0.4, -0.2) is 0 Å². The molecule has 6 fully saturated rings. The number of ether oxygens (including phenoxy) is 1. The van der Waals surface area contributed by atoms with Crippen molar-refractivity contribution in [1.29, 1.82) is 0 Å². The Balaban J connectivity index is 0.920. The van der Waals surface area contributed by atoms with E-state index in [2.05, 4.69) is 27.7 Å². The van der Waals surface area contributed by atoms with Gasteiger partial charge in [0.15, 0.2) is 23.1 Å². The zero-order valence-electron chi connectivity index (χ0n) is 51.5. The number of hydrogen-bond acceptors (Lipinski definition) is 1. The van der Waals surface area contributed by atoms with Gasteiger partial charge in [0.2, 0.25) is 11.6 Å². The Kier molecular flexibility index (Phi) is 26.7. The highest BCUT2D eigenvalue weighted by Crippen LogP contribution is 2.47. The molecule has 6 aliphatic carbocycles. The molecule has 0 amide bonds. The van der Waals surface area contributed by atoms with E-state index in [-0.39, 0.29) is 11.5 Å². The fraction of sp³-hybridized carbons (Fsp3) is 0.838. The van der Waals surface area contributed by atoms with Gasteiger partial charge in [-0.3, -0.25) is 0 Å². The molecule has 6 aliphatic rings. The zero-order chi connectivity index (χ0) is 55.3. The van der Waals surface area contributed by atoms with Crippen molar-refractivity contribution in [2.45, 2.75) is 323 Å². The van der Waals surface area contributed by atoms with Crippen LogP contribution < -0.4 is 4.74 Å². The largest absolute Gasteiger partial charge is 0.451 e. The molecule has 1 nitrogen and oxygen atoms in total. The van der Waals surface area contributed by atoms with E-state index in [9.17, 15) is 0 Å². The summed E-state index contributed by atoms with van der Waals surface area (Å²) >= 11 is 0. The molecule has 8 rings (SSSR count). The van der Waals surface area contributed by atoms with Crippen LogP contribution in [0.2, 0.25) is 0 Å². The van der Waals surface area contributed by atoms with Gasteiger partial charge in [0.05, 0.1) is 0 Å². The van der Waals surface area contributed by atoms with Crippen LogP contribution in [0.5, 0.6) is 11.5 Å². The average molecular weight is 1100 g/mol. The van der Waals surface area contributed by atoms with Crippen molar-refractivity contribution in [3.05, 3.63) is 57.7 Å². The van der Waals surface area contributed by atoms with Crippen molar-refractivity contribution in [3.8, 4) is 11.5 Å². The molecule has 0 aliphatic heterocycles. The SMILES string of the molecule is CCCCCCCC1CCC(C2CCC(CCc3c(CC4CCC(CCC)CC4)cc(Oc4cc(CC5CCC(CCC)CC5)c(CCC5CCC(C6CCC(CCCCCCC)CC6)CC5)c(F)c4F)c(F)c3F)CC2)CC1. The number of benzene rings is 2. The summed E-state index contributed by atoms with van der Waals surface area (Å²) in [4.78, 5) is 0. The standard InChI is InChI=1S/C74H118F4O/c1-5-9-11-13-15-19-55-29-39-61(40-30-55)63-43-33-57(34-44-63)37-47-67-65(49-59-25-21-53(17-7-3)22-26-59)51-69(73(77)71(67)75)79-70-52-66(50-60-27-23-54(18-8-4)24-28-60)68(72(76)74(70)78)48-38-58-35-45-64(46-36-58)62-41-31-56(32-42-62)20-16-14-12-10-6-2/h51-64H,5-50H2,1-4H3. The zero-order valence-corrected chi connectivity index (χ0v) is 51.5. The van der Waals surface area contributed by atoms with E-state index in [4.69, 9.17) is 4.74 Å². The van der Waals surface area contributed by atoms with Crippen LogP contribution >= 0.6 is 0 Å². The van der Waals surface area contributed by atoms with Crippen LogP contribution in [0.15, 0.2) is 12.1 Å². The summed E-state index contributed by atoms with van der Waals surface area (Å²) in [7, 11) is 0.